The molecule has 0 heterocycles. The summed E-state index contributed by atoms with van der Waals surface area (Å²) in [6.45, 7) is 2.62. The lowest BCUT2D eigenvalue weighted by Crippen LogP contribution is -2.20. The molecule has 2 nitrogen and oxygen atoms in total. The molecule has 0 fully saturated rings. The van der Waals surface area contributed by atoms with Gasteiger partial charge in [-0.2, -0.15) is 0 Å². The summed E-state index contributed by atoms with van der Waals surface area (Å²) in [5.74, 6) is 0. The Labute approximate surface area is 138 Å². The van der Waals surface area contributed by atoms with Crippen molar-refractivity contribution in [3.63, 3.8) is 0 Å². The molecule has 0 aliphatic rings. The van der Waals surface area contributed by atoms with Gasteiger partial charge in [-0.15, -0.1) is 0 Å². The fourth-order valence-corrected chi connectivity index (χ4v) is 2.99. The van der Waals surface area contributed by atoms with E-state index in [0.29, 0.717) is 6.54 Å². The molecule has 0 amide bonds. The first-order valence-electron chi connectivity index (χ1n) is 8.19. The molecular weight excluding hydrogens is 280 g/mol. The van der Waals surface area contributed by atoms with Crippen molar-refractivity contribution >= 4 is 10.8 Å². The molecule has 0 aromatic heterocycles. The second-order valence-corrected chi connectivity index (χ2v) is 6.15. The van der Waals surface area contributed by atoms with E-state index in [0.717, 1.165) is 19.5 Å². The van der Waals surface area contributed by atoms with Gasteiger partial charge in [0, 0.05) is 19.6 Å². The number of likely N-dealkylation sites (N-methyl/N-ethyl adjacent to an activating group) is 1. The van der Waals surface area contributed by atoms with Crippen LogP contribution in [0.15, 0.2) is 66.7 Å². The van der Waals surface area contributed by atoms with Gasteiger partial charge < -0.3 is 10.6 Å². The molecule has 23 heavy (non-hydrogen) atoms. The smallest absolute Gasteiger partial charge is 0.0230 e. The van der Waals surface area contributed by atoms with Gasteiger partial charge in [0.25, 0.3) is 0 Å². The van der Waals surface area contributed by atoms with E-state index in [1.165, 1.54) is 27.5 Å². The number of benzene rings is 3. The van der Waals surface area contributed by atoms with Gasteiger partial charge in [-0.3, -0.25) is 0 Å². The summed E-state index contributed by atoms with van der Waals surface area (Å²) in [5, 5.41) is 2.70. The maximum absolute atomic E-state index is 5.65. The van der Waals surface area contributed by atoms with Gasteiger partial charge in [0.15, 0.2) is 0 Å². The van der Waals surface area contributed by atoms with E-state index in [-0.39, 0.29) is 0 Å². The summed E-state index contributed by atoms with van der Waals surface area (Å²) in [5.41, 5.74) is 9.60. The van der Waals surface area contributed by atoms with Crippen LogP contribution in [0.1, 0.15) is 16.7 Å². The summed E-state index contributed by atoms with van der Waals surface area (Å²) in [7, 11) is 2.18. The standard InChI is InChI=1S/C21H24N2/c1-23(16-18-11-9-17(15-22)10-12-18)14-13-20-7-4-6-19-5-2-3-8-21(19)20/h2-12H,13-16,22H2,1H3. The van der Waals surface area contributed by atoms with Crippen LogP contribution in [0.25, 0.3) is 10.8 Å². The van der Waals surface area contributed by atoms with Gasteiger partial charge in [-0.25, -0.2) is 0 Å². The Kier molecular flexibility index (Phi) is 5.06. The predicted molar refractivity (Wildman–Crippen MR) is 98.3 cm³/mol. The minimum absolute atomic E-state index is 0.608. The van der Waals surface area contributed by atoms with E-state index in [1.807, 2.05) is 0 Å². The van der Waals surface area contributed by atoms with E-state index in [2.05, 4.69) is 78.7 Å². The quantitative estimate of drug-likeness (QED) is 0.746. The number of hydrogen-bond donors (Lipinski definition) is 1. The number of rotatable bonds is 6. The maximum Gasteiger partial charge on any atom is 0.0230 e. The van der Waals surface area contributed by atoms with Gasteiger partial charge in [0.05, 0.1) is 0 Å². The minimum Gasteiger partial charge on any atom is -0.326 e. The summed E-state index contributed by atoms with van der Waals surface area (Å²) in [6.07, 6.45) is 1.07. The third-order valence-electron chi connectivity index (χ3n) is 4.35. The highest BCUT2D eigenvalue weighted by molar-refractivity contribution is 5.85. The molecule has 3 aromatic carbocycles. The average molecular weight is 304 g/mol. The van der Waals surface area contributed by atoms with Crippen molar-refractivity contribution < 1.29 is 0 Å². The lowest BCUT2D eigenvalue weighted by Gasteiger charge is -2.17. The molecule has 0 spiro atoms. The highest BCUT2D eigenvalue weighted by Gasteiger charge is 2.04. The van der Waals surface area contributed by atoms with Crippen LogP contribution in [0, 0.1) is 0 Å². The van der Waals surface area contributed by atoms with Crippen molar-refractivity contribution in [3.8, 4) is 0 Å². The van der Waals surface area contributed by atoms with Crippen LogP contribution in [0.5, 0.6) is 0 Å². The van der Waals surface area contributed by atoms with E-state index >= 15 is 0 Å². The largest absolute Gasteiger partial charge is 0.326 e. The second-order valence-electron chi connectivity index (χ2n) is 6.15. The Hall–Kier alpha value is -2.16. The number of fused-ring (bicyclic) bond motifs is 1. The summed E-state index contributed by atoms with van der Waals surface area (Å²) in [6, 6.07) is 23.8. The molecule has 118 valence electrons. The molecule has 0 saturated carbocycles. The topological polar surface area (TPSA) is 29.3 Å². The lowest BCUT2D eigenvalue weighted by molar-refractivity contribution is 0.331. The zero-order valence-corrected chi connectivity index (χ0v) is 13.7. The molecule has 0 bridgehead atoms. The van der Waals surface area contributed by atoms with Crippen LogP contribution in [-0.4, -0.2) is 18.5 Å². The van der Waals surface area contributed by atoms with Crippen molar-refractivity contribution in [1.82, 2.24) is 4.90 Å². The van der Waals surface area contributed by atoms with Crippen molar-refractivity contribution in [1.29, 1.82) is 0 Å². The first-order chi connectivity index (χ1) is 11.3. The summed E-state index contributed by atoms with van der Waals surface area (Å²) >= 11 is 0. The van der Waals surface area contributed by atoms with Crippen LogP contribution in [-0.2, 0) is 19.5 Å². The number of hydrogen-bond acceptors (Lipinski definition) is 2. The zero-order chi connectivity index (χ0) is 16.1. The predicted octanol–water partition coefficient (Wildman–Crippen LogP) is 3.97. The highest BCUT2D eigenvalue weighted by Crippen LogP contribution is 2.19. The maximum atomic E-state index is 5.65. The third kappa shape index (κ3) is 3.98. The molecular formula is C21H24N2. The fraction of sp³-hybridized carbons (Fsp3) is 0.238. The van der Waals surface area contributed by atoms with Crippen LogP contribution in [0.4, 0.5) is 0 Å². The molecule has 2 N–H and O–H groups in total. The lowest BCUT2D eigenvalue weighted by atomic mass is 10.0. The number of nitrogens with zero attached hydrogens (tertiary/aromatic N) is 1. The highest BCUT2D eigenvalue weighted by atomic mass is 15.1. The molecule has 0 saturated heterocycles. The first kappa shape index (κ1) is 15.7. The van der Waals surface area contributed by atoms with E-state index in [9.17, 15) is 0 Å². The summed E-state index contributed by atoms with van der Waals surface area (Å²) < 4.78 is 0. The molecule has 0 aliphatic heterocycles. The third-order valence-corrected chi connectivity index (χ3v) is 4.35. The van der Waals surface area contributed by atoms with Crippen LogP contribution in [0.2, 0.25) is 0 Å². The molecule has 0 aliphatic carbocycles. The Bertz CT molecular complexity index is 757. The Balaban J connectivity index is 1.62. The van der Waals surface area contributed by atoms with Gasteiger partial charge in [0.1, 0.15) is 0 Å². The van der Waals surface area contributed by atoms with Crippen molar-refractivity contribution in [2.24, 2.45) is 5.73 Å². The molecule has 0 radical (unpaired) electrons. The first-order valence-corrected chi connectivity index (χ1v) is 8.19. The van der Waals surface area contributed by atoms with Gasteiger partial charge in [0.2, 0.25) is 0 Å². The van der Waals surface area contributed by atoms with Crippen LogP contribution >= 0.6 is 0 Å². The molecule has 3 rings (SSSR count). The van der Waals surface area contributed by atoms with Crippen molar-refractivity contribution in [2.75, 3.05) is 13.6 Å². The molecule has 3 aromatic rings. The fourth-order valence-electron chi connectivity index (χ4n) is 2.99. The summed E-state index contributed by atoms with van der Waals surface area (Å²) in [4.78, 5) is 2.37. The Morgan fingerprint density at radius 1 is 0.826 bits per heavy atom. The monoisotopic (exact) mass is 304 g/mol. The second kappa shape index (κ2) is 7.40. The van der Waals surface area contributed by atoms with Crippen molar-refractivity contribution in [3.05, 3.63) is 83.4 Å². The number of nitrogens with two attached hydrogens (primary N) is 1. The van der Waals surface area contributed by atoms with Gasteiger partial charge in [-0.05, 0) is 40.9 Å². The van der Waals surface area contributed by atoms with Gasteiger partial charge in [-0.1, -0.05) is 66.7 Å². The molecule has 0 atom stereocenters. The van der Waals surface area contributed by atoms with E-state index < -0.39 is 0 Å². The van der Waals surface area contributed by atoms with Gasteiger partial charge >= 0.3 is 0 Å². The Morgan fingerprint density at radius 2 is 1.52 bits per heavy atom. The Morgan fingerprint density at radius 3 is 2.30 bits per heavy atom. The van der Waals surface area contributed by atoms with Crippen molar-refractivity contribution in [2.45, 2.75) is 19.5 Å². The van der Waals surface area contributed by atoms with Crippen LogP contribution < -0.4 is 5.73 Å². The zero-order valence-electron chi connectivity index (χ0n) is 13.7. The SMILES string of the molecule is CN(CCc1cccc2ccccc12)Cc1ccc(CN)cc1. The normalized spacial score (nSPS) is 11.3. The average Bonchev–Trinajstić information content (AvgIpc) is 2.60. The van der Waals surface area contributed by atoms with E-state index in [4.69, 9.17) is 5.73 Å². The van der Waals surface area contributed by atoms with E-state index in [1.54, 1.807) is 0 Å². The minimum atomic E-state index is 0.608. The van der Waals surface area contributed by atoms with Crippen LogP contribution in [0.3, 0.4) is 0 Å². The molecule has 0 unspecified atom stereocenters. The molecule has 2 heteroatoms.